The molecule has 1 fully saturated rings. The molecule has 1 aliphatic heterocycles. The Labute approximate surface area is 144 Å². The maximum Gasteiger partial charge on any atom is 0.270 e. The van der Waals surface area contributed by atoms with E-state index in [-0.39, 0.29) is 30.1 Å². The van der Waals surface area contributed by atoms with Gasteiger partial charge in [-0.15, -0.1) is 12.4 Å². The number of Topliss-reactive ketones (excluding diaryl/α,β-unsaturated/α-hetero) is 1. The van der Waals surface area contributed by atoms with Gasteiger partial charge < -0.3 is 15.6 Å². The molecule has 0 spiro atoms. The second-order valence-corrected chi connectivity index (χ2v) is 6.38. The van der Waals surface area contributed by atoms with Gasteiger partial charge in [-0.2, -0.15) is 0 Å². The predicted molar refractivity (Wildman–Crippen MR) is 94.4 cm³/mol. The van der Waals surface area contributed by atoms with E-state index in [2.05, 4.69) is 4.98 Å². The number of rotatable bonds is 4. The second kappa shape index (κ2) is 7.97. The van der Waals surface area contributed by atoms with E-state index in [1.807, 2.05) is 25.7 Å². The standard InChI is InChI=1S/C17H27N3O2.ClH/c1-5-14-15(12(4)21)11(3)19-16(14)17(22)20-8-6-13(7-9-20)10(2)18;/h10,13,19H,5-9,18H2,1-4H3;1H. The monoisotopic (exact) mass is 341 g/mol. The van der Waals surface area contributed by atoms with E-state index in [0.717, 1.165) is 37.2 Å². The third-order valence-corrected chi connectivity index (χ3v) is 4.78. The number of nitrogens with two attached hydrogens (primary N) is 1. The van der Waals surface area contributed by atoms with Crippen LogP contribution in [-0.2, 0) is 6.42 Å². The molecule has 0 bridgehead atoms. The molecule has 1 amide bonds. The molecule has 1 unspecified atom stereocenters. The molecule has 3 N–H and O–H groups in total. The fourth-order valence-electron chi connectivity index (χ4n) is 3.48. The van der Waals surface area contributed by atoms with Crippen LogP contribution in [0.2, 0.25) is 0 Å². The Balaban J connectivity index is 0.00000264. The van der Waals surface area contributed by atoms with Gasteiger partial charge in [-0.25, -0.2) is 0 Å². The summed E-state index contributed by atoms with van der Waals surface area (Å²) < 4.78 is 0. The third kappa shape index (κ3) is 3.96. The highest BCUT2D eigenvalue weighted by molar-refractivity contribution is 6.02. The van der Waals surface area contributed by atoms with Crippen LogP contribution in [0.1, 0.15) is 65.7 Å². The molecule has 1 aromatic rings. The summed E-state index contributed by atoms with van der Waals surface area (Å²) in [5, 5.41) is 0. The summed E-state index contributed by atoms with van der Waals surface area (Å²) in [6.45, 7) is 8.90. The Morgan fingerprint density at radius 2 is 1.91 bits per heavy atom. The minimum atomic E-state index is 0. The van der Waals surface area contributed by atoms with Gasteiger partial charge in [0, 0.05) is 30.4 Å². The Morgan fingerprint density at radius 1 is 1.35 bits per heavy atom. The number of nitrogens with zero attached hydrogens (tertiary/aromatic N) is 1. The van der Waals surface area contributed by atoms with Crippen molar-refractivity contribution in [2.75, 3.05) is 13.1 Å². The zero-order valence-corrected chi connectivity index (χ0v) is 15.3. The molecule has 6 heteroatoms. The third-order valence-electron chi connectivity index (χ3n) is 4.78. The smallest absolute Gasteiger partial charge is 0.270 e. The molecule has 0 aromatic carbocycles. The van der Waals surface area contributed by atoms with E-state index in [1.165, 1.54) is 0 Å². The van der Waals surface area contributed by atoms with E-state index in [0.29, 0.717) is 23.6 Å². The molecule has 1 aromatic heterocycles. The fourth-order valence-corrected chi connectivity index (χ4v) is 3.48. The number of likely N-dealkylation sites (tertiary alicyclic amines) is 1. The number of aromatic nitrogens is 1. The fraction of sp³-hybridized carbons (Fsp3) is 0.647. The van der Waals surface area contributed by atoms with Crippen molar-refractivity contribution in [1.82, 2.24) is 9.88 Å². The molecule has 1 aliphatic rings. The number of carbonyl (C=O) groups is 2. The van der Waals surface area contributed by atoms with Gasteiger partial charge in [0.15, 0.2) is 5.78 Å². The van der Waals surface area contributed by atoms with Gasteiger partial charge in [0.1, 0.15) is 5.69 Å². The van der Waals surface area contributed by atoms with Crippen molar-refractivity contribution in [2.24, 2.45) is 11.7 Å². The number of aryl methyl sites for hydroxylation is 1. The van der Waals surface area contributed by atoms with Crippen LogP contribution in [0.3, 0.4) is 0 Å². The zero-order chi connectivity index (χ0) is 16.4. The lowest BCUT2D eigenvalue weighted by Crippen LogP contribution is -2.42. The van der Waals surface area contributed by atoms with Crippen molar-refractivity contribution in [1.29, 1.82) is 0 Å². The number of halogens is 1. The number of aromatic amines is 1. The normalized spacial score (nSPS) is 16.8. The van der Waals surface area contributed by atoms with Gasteiger partial charge in [0.05, 0.1) is 0 Å². The van der Waals surface area contributed by atoms with Crippen LogP contribution in [0.5, 0.6) is 0 Å². The summed E-state index contributed by atoms with van der Waals surface area (Å²) in [5.74, 6) is 0.517. The van der Waals surface area contributed by atoms with E-state index < -0.39 is 0 Å². The van der Waals surface area contributed by atoms with E-state index in [1.54, 1.807) is 6.92 Å². The highest BCUT2D eigenvalue weighted by Gasteiger charge is 2.29. The number of carbonyl (C=O) groups excluding carboxylic acids is 2. The first-order valence-electron chi connectivity index (χ1n) is 8.14. The largest absolute Gasteiger partial charge is 0.354 e. The van der Waals surface area contributed by atoms with Crippen molar-refractivity contribution in [3.63, 3.8) is 0 Å². The Hall–Kier alpha value is -1.33. The maximum absolute atomic E-state index is 12.8. The number of ketones is 1. The summed E-state index contributed by atoms with van der Waals surface area (Å²) in [6.07, 6.45) is 2.57. The first-order chi connectivity index (χ1) is 10.4. The maximum atomic E-state index is 12.8. The van der Waals surface area contributed by atoms with Gasteiger partial charge in [0.25, 0.3) is 5.91 Å². The quantitative estimate of drug-likeness (QED) is 0.826. The molecule has 1 atom stereocenters. The van der Waals surface area contributed by atoms with Crippen molar-refractivity contribution in [3.8, 4) is 0 Å². The molecule has 2 heterocycles. The molecule has 0 radical (unpaired) electrons. The number of H-pyrrole nitrogens is 1. The lowest BCUT2D eigenvalue weighted by atomic mass is 9.90. The minimum Gasteiger partial charge on any atom is -0.354 e. The Bertz CT molecular complexity index is 573. The van der Waals surface area contributed by atoms with Crippen LogP contribution in [0, 0.1) is 12.8 Å². The lowest BCUT2D eigenvalue weighted by Gasteiger charge is -2.33. The zero-order valence-electron chi connectivity index (χ0n) is 14.4. The van der Waals surface area contributed by atoms with Crippen LogP contribution in [-0.4, -0.2) is 40.7 Å². The van der Waals surface area contributed by atoms with E-state index in [4.69, 9.17) is 5.73 Å². The summed E-state index contributed by atoms with van der Waals surface area (Å²) >= 11 is 0. The van der Waals surface area contributed by atoms with Gasteiger partial charge in [-0.05, 0) is 51.5 Å². The number of hydrogen-bond donors (Lipinski definition) is 2. The van der Waals surface area contributed by atoms with Crippen molar-refractivity contribution in [2.45, 2.75) is 53.0 Å². The topological polar surface area (TPSA) is 79.2 Å². The van der Waals surface area contributed by atoms with Crippen LogP contribution in [0.4, 0.5) is 0 Å². The Kier molecular flexibility index (Phi) is 6.84. The first kappa shape index (κ1) is 19.7. The van der Waals surface area contributed by atoms with Gasteiger partial charge in [0.2, 0.25) is 0 Å². The summed E-state index contributed by atoms with van der Waals surface area (Å²) in [6, 6.07) is 0.181. The highest BCUT2D eigenvalue weighted by Crippen LogP contribution is 2.25. The average Bonchev–Trinajstić information content (AvgIpc) is 2.83. The van der Waals surface area contributed by atoms with Crippen molar-refractivity contribution >= 4 is 24.1 Å². The van der Waals surface area contributed by atoms with Crippen molar-refractivity contribution < 1.29 is 9.59 Å². The molecule has 5 nitrogen and oxygen atoms in total. The van der Waals surface area contributed by atoms with Gasteiger partial charge in [-0.3, -0.25) is 9.59 Å². The van der Waals surface area contributed by atoms with Crippen LogP contribution < -0.4 is 5.73 Å². The van der Waals surface area contributed by atoms with Gasteiger partial charge >= 0.3 is 0 Å². The molecular formula is C17H28ClN3O2. The van der Waals surface area contributed by atoms with Crippen LogP contribution in [0.15, 0.2) is 0 Å². The Morgan fingerprint density at radius 3 is 2.35 bits per heavy atom. The molecule has 1 saturated heterocycles. The SMILES string of the molecule is CCc1c(C(=O)N2CCC(C(C)N)CC2)[nH]c(C)c1C(C)=O.Cl. The van der Waals surface area contributed by atoms with Crippen LogP contribution in [0.25, 0.3) is 0 Å². The number of nitrogens with one attached hydrogen (secondary N) is 1. The van der Waals surface area contributed by atoms with E-state index in [9.17, 15) is 9.59 Å². The highest BCUT2D eigenvalue weighted by atomic mass is 35.5. The predicted octanol–water partition coefficient (Wildman–Crippen LogP) is 2.71. The number of hydrogen-bond acceptors (Lipinski definition) is 3. The number of piperidine rings is 1. The second-order valence-electron chi connectivity index (χ2n) is 6.38. The first-order valence-corrected chi connectivity index (χ1v) is 8.14. The van der Waals surface area contributed by atoms with Gasteiger partial charge in [-0.1, -0.05) is 6.92 Å². The summed E-state index contributed by atoms with van der Waals surface area (Å²) in [4.78, 5) is 29.6. The number of amides is 1. The molecule has 23 heavy (non-hydrogen) atoms. The van der Waals surface area contributed by atoms with Crippen molar-refractivity contribution in [3.05, 3.63) is 22.5 Å². The lowest BCUT2D eigenvalue weighted by molar-refractivity contribution is 0.0674. The summed E-state index contributed by atoms with van der Waals surface area (Å²) in [5.41, 5.74) is 8.86. The van der Waals surface area contributed by atoms with E-state index >= 15 is 0 Å². The molecule has 0 saturated carbocycles. The molecule has 130 valence electrons. The summed E-state index contributed by atoms with van der Waals surface area (Å²) in [7, 11) is 0. The average molecular weight is 342 g/mol. The molecular weight excluding hydrogens is 314 g/mol. The molecule has 2 rings (SSSR count). The van der Waals surface area contributed by atoms with Crippen LogP contribution >= 0.6 is 12.4 Å². The molecule has 0 aliphatic carbocycles. The minimum absolute atomic E-state index is 0.